The van der Waals surface area contributed by atoms with Crippen molar-refractivity contribution < 1.29 is 19.4 Å². The molecule has 0 aliphatic carbocycles. The number of H-pyrrole nitrogens is 1. The number of rotatable bonds is 8. The van der Waals surface area contributed by atoms with Crippen LogP contribution in [0.4, 0.5) is 10.1 Å². The number of fused-ring (bicyclic) bond motifs is 1. The van der Waals surface area contributed by atoms with Crippen molar-refractivity contribution in [2.24, 2.45) is 4.99 Å². The highest BCUT2D eigenvalue weighted by Crippen LogP contribution is 2.32. The number of nitrogens with zero attached hydrogens (tertiary/aromatic N) is 3. The molecule has 0 saturated carbocycles. The second kappa shape index (κ2) is 9.87. The van der Waals surface area contributed by atoms with Crippen LogP contribution in [0.3, 0.4) is 0 Å². The largest absolute Gasteiger partial charge is 0.494 e. The van der Waals surface area contributed by atoms with Gasteiger partial charge in [0.15, 0.2) is 5.88 Å². The van der Waals surface area contributed by atoms with Gasteiger partial charge in [-0.2, -0.15) is 0 Å². The molecule has 0 saturated heterocycles. The fraction of sp³-hybridized carbons (Fsp3) is 0.107. The molecule has 180 valence electrons. The van der Waals surface area contributed by atoms with E-state index in [-0.39, 0.29) is 12.3 Å². The normalized spacial score (nSPS) is 11.8. The number of imidazole rings is 1. The Bertz CT molecular complexity index is 1540. The molecule has 5 aromatic rings. The average Bonchev–Trinajstić information content (AvgIpc) is 3.49. The van der Waals surface area contributed by atoms with Crippen molar-refractivity contribution >= 4 is 28.3 Å². The van der Waals surface area contributed by atoms with Gasteiger partial charge in [0.05, 0.1) is 28.8 Å². The maximum absolute atomic E-state index is 13.8. The molecule has 0 unspecified atom stereocenters. The third-order valence-electron chi connectivity index (χ3n) is 5.93. The van der Waals surface area contributed by atoms with Crippen molar-refractivity contribution in [2.45, 2.75) is 19.4 Å². The second-order valence-corrected chi connectivity index (χ2v) is 8.49. The minimum absolute atomic E-state index is 0.0422. The zero-order chi connectivity index (χ0) is 25.1. The van der Waals surface area contributed by atoms with E-state index in [0.717, 1.165) is 16.7 Å². The van der Waals surface area contributed by atoms with Crippen LogP contribution in [0.2, 0.25) is 0 Å². The maximum atomic E-state index is 13.8. The van der Waals surface area contributed by atoms with Crippen LogP contribution >= 0.6 is 0 Å². The van der Waals surface area contributed by atoms with Crippen molar-refractivity contribution in [3.63, 3.8) is 0 Å². The van der Waals surface area contributed by atoms with Crippen LogP contribution in [0.15, 0.2) is 90.4 Å². The van der Waals surface area contributed by atoms with E-state index in [9.17, 15) is 14.3 Å². The number of aromatic nitrogens is 3. The highest BCUT2D eigenvalue weighted by molar-refractivity contribution is 6.21. The van der Waals surface area contributed by atoms with Crippen LogP contribution in [0.1, 0.15) is 28.7 Å². The third-order valence-corrected chi connectivity index (χ3v) is 5.93. The van der Waals surface area contributed by atoms with Gasteiger partial charge in [-0.25, -0.2) is 14.4 Å². The fourth-order valence-corrected chi connectivity index (χ4v) is 4.14. The van der Waals surface area contributed by atoms with Gasteiger partial charge in [0.2, 0.25) is 0 Å². The molecule has 36 heavy (non-hydrogen) atoms. The van der Waals surface area contributed by atoms with Gasteiger partial charge in [-0.15, -0.1) is 0 Å². The van der Waals surface area contributed by atoms with Crippen molar-refractivity contribution in [3.8, 4) is 5.88 Å². The summed E-state index contributed by atoms with van der Waals surface area (Å²) < 4.78 is 15.8. The Balaban J connectivity index is 1.55. The van der Waals surface area contributed by atoms with Crippen LogP contribution in [0, 0.1) is 5.82 Å². The first-order valence-corrected chi connectivity index (χ1v) is 11.4. The minimum atomic E-state index is -0.853. The Labute approximate surface area is 206 Å². The Morgan fingerprint density at radius 1 is 1.03 bits per heavy atom. The monoisotopic (exact) mass is 482 g/mol. The zero-order valence-electron chi connectivity index (χ0n) is 19.2. The van der Waals surface area contributed by atoms with E-state index in [1.807, 2.05) is 59.3 Å². The Hall–Kier alpha value is -4.72. The molecule has 0 fully saturated rings. The standard InChI is InChI=1S/C28H23FN4O3/c29-21-8-11-23-24(15-21)32-28(36)26(23)27(20-6-1-18(2-7-20)5-12-25(34)35)31-22-9-3-19(4-10-22)16-33-14-13-30-17-33/h1-4,6-11,13-15,17,32,36H,5,12,16H2,(H,34,35). The number of aromatic amines is 1. The first-order valence-electron chi connectivity index (χ1n) is 11.4. The van der Waals surface area contributed by atoms with Crippen LogP contribution in [-0.2, 0) is 17.8 Å². The number of nitrogens with one attached hydrogen (secondary N) is 1. The molecular weight excluding hydrogens is 459 g/mol. The highest BCUT2D eigenvalue weighted by Gasteiger charge is 2.19. The summed E-state index contributed by atoms with van der Waals surface area (Å²) in [5.41, 5.74) is 4.82. The van der Waals surface area contributed by atoms with E-state index >= 15 is 0 Å². The van der Waals surface area contributed by atoms with Crippen molar-refractivity contribution in [2.75, 3.05) is 0 Å². The van der Waals surface area contributed by atoms with Gasteiger partial charge in [0, 0.05) is 36.3 Å². The van der Waals surface area contributed by atoms with Crippen LogP contribution in [0.5, 0.6) is 5.88 Å². The lowest BCUT2D eigenvalue weighted by atomic mass is 9.98. The summed E-state index contributed by atoms with van der Waals surface area (Å²) in [6, 6.07) is 19.5. The van der Waals surface area contributed by atoms with Crippen molar-refractivity contribution in [3.05, 3.63) is 114 Å². The third kappa shape index (κ3) is 5.02. The number of aryl methyl sites for hydroxylation is 1. The summed E-state index contributed by atoms with van der Waals surface area (Å²) in [4.78, 5) is 22.7. The Kier molecular flexibility index (Phi) is 6.32. The van der Waals surface area contributed by atoms with Crippen molar-refractivity contribution in [1.29, 1.82) is 0 Å². The van der Waals surface area contributed by atoms with E-state index in [2.05, 4.69) is 9.97 Å². The van der Waals surface area contributed by atoms with Crippen molar-refractivity contribution in [1.82, 2.24) is 14.5 Å². The first kappa shape index (κ1) is 23.0. The number of hydrogen-bond donors (Lipinski definition) is 3. The number of carboxylic acids is 1. The molecule has 0 atom stereocenters. The zero-order valence-corrected chi connectivity index (χ0v) is 19.2. The number of halogens is 1. The minimum Gasteiger partial charge on any atom is -0.494 e. The number of aromatic hydroxyl groups is 1. The highest BCUT2D eigenvalue weighted by atomic mass is 19.1. The summed E-state index contributed by atoms with van der Waals surface area (Å²) in [6.07, 6.45) is 5.84. The molecule has 8 heteroatoms. The molecular formula is C28H23FN4O3. The summed E-state index contributed by atoms with van der Waals surface area (Å²) in [7, 11) is 0. The van der Waals surface area contributed by atoms with Gasteiger partial charge in [0.1, 0.15) is 5.82 Å². The molecule has 0 radical (unpaired) electrons. The van der Waals surface area contributed by atoms with E-state index in [1.165, 1.54) is 12.1 Å². The van der Waals surface area contributed by atoms with E-state index in [4.69, 9.17) is 10.1 Å². The number of carboxylic acid groups (broad SMARTS) is 1. The van der Waals surface area contributed by atoms with Gasteiger partial charge in [-0.3, -0.25) is 4.79 Å². The molecule has 3 aromatic carbocycles. The Morgan fingerprint density at radius 3 is 2.47 bits per heavy atom. The molecule has 7 nitrogen and oxygen atoms in total. The molecule has 2 aromatic heterocycles. The number of benzene rings is 3. The SMILES string of the molecule is O=C(O)CCc1ccc(C(=Nc2ccc(Cn3ccnc3)cc2)c2c(O)[nH]c3cc(F)ccc23)cc1. The molecule has 0 amide bonds. The predicted molar refractivity (Wildman–Crippen MR) is 135 cm³/mol. The van der Waals surface area contributed by atoms with Gasteiger partial charge in [0.25, 0.3) is 0 Å². The molecule has 5 rings (SSSR count). The summed E-state index contributed by atoms with van der Waals surface area (Å²) in [5, 5.41) is 20.4. The molecule has 0 aliphatic rings. The van der Waals surface area contributed by atoms with E-state index in [1.54, 1.807) is 18.6 Å². The molecule has 0 aliphatic heterocycles. The number of carbonyl (C=O) groups is 1. The van der Waals surface area contributed by atoms with E-state index in [0.29, 0.717) is 40.8 Å². The average molecular weight is 483 g/mol. The van der Waals surface area contributed by atoms with Gasteiger partial charge >= 0.3 is 5.97 Å². The maximum Gasteiger partial charge on any atom is 0.303 e. The molecule has 0 bridgehead atoms. The predicted octanol–water partition coefficient (Wildman–Crippen LogP) is 5.44. The first-order chi connectivity index (χ1) is 17.5. The topological polar surface area (TPSA) is 104 Å². The number of aliphatic carboxylic acids is 1. The van der Waals surface area contributed by atoms with Crippen LogP contribution < -0.4 is 0 Å². The molecule has 0 spiro atoms. The Morgan fingerprint density at radius 2 is 1.78 bits per heavy atom. The smallest absolute Gasteiger partial charge is 0.303 e. The van der Waals surface area contributed by atoms with Crippen LogP contribution in [0.25, 0.3) is 10.9 Å². The quantitative estimate of drug-likeness (QED) is 0.256. The van der Waals surface area contributed by atoms with Crippen LogP contribution in [-0.4, -0.2) is 36.4 Å². The molecule has 3 N–H and O–H groups in total. The fourth-order valence-electron chi connectivity index (χ4n) is 4.14. The lowest BCUT2D eigenvalue weighted by Crippen LogP contribution is -2.04. The summed E-state index contributed by atoms with van der Waals surface area (Å²) >= 11 is 0. The van der Waals surface area contributed by atoms with E-state index < -0.39 is 11.8 Å². The molecule has 2 heterocycles. The lowest BCUT2D eigenvalue weighted by molar-refractivity contribution is -0.136. The van der Waals surface area contributed by atoms with Gasteiger partial charge in [-0.05, 0) is 47.9 Å². The summed E-state index contributed by atoms with van der Waals surface area (Å²) in [5.74, 6) is -1.38. The van der Waals surface area contributed by atoms with Gasteiger partial charge in [-0.1, -0.05) is 36.4 Å². The van der Waals surface area contributed by atoms with Gasteiger partial charge < -0.3 is 19.8 Å². The number of hydrogen-bond acceptors (Lipinski definition) is 4. The number of aliphatic imine (C=N–C) groups is 1. The lowest BCUT2D eigenvalue weighted by Gasteiger charge is -2.10. The second-order valence-electron chi connectivity index (χ2n) is 8.49. The summed E-state index contributed by atoms with van der Waals surface area (Å²) in [6.45, 7) is 0.684.